The molecule has 124 valence electrons. The minimum Gasteiger partial charge on any atom is -0.461 e. The summed E-state index contributed by atoms with van der Waals surface area (Å²) in [4.78, 5) is 11.9. The Kier molecular flexibility index (Phi) is 5.05. The topological polar surface area (TPSA) is 73.0 Å². The molecule has 0 spiro atoms. The second-order valence-electron chi connectivity index (χ2n) is 6.32. The maximum Gasteiger partial charge on any atom is 0.230 e. The monoisotopic (exact) mass is 334 g/mol. The van der Waals surface area contributed by atoms with E-state index in [1.165, 1.54) is 24.6 Å². The first-order valence-corrected chi connectivity index (χ1v) is 8.98. The predicted octanol–water partition coefficient (Wildman–Crippen LogP) is 2.81. The number of hydrogen-bond donors (Lipinski definition) is 1. The van der Waals surface area contributed by atoms with Crippen LogP contribution in [-0.4, -0.2) is 33.0 Å². The zero-order chi connectivity index (χ0) is 16.2. The third-order valence-corrected chi connectivity index (χ3v) is 4.59. The van der Waals surface area contributed by atoms with Gasteiger partial charge in [-0.3, -0.25) is 9.36 Å². The molecule has 1 saturated carbocycles. The second kappa shape index (κ2) is 7.21. The largest absolute Gasteiger partial charge is 0.461 e. The molecule has 0 radical (unpaired) electrons. The molecular formula is C16H22N4O2S. The van der Waals surface area contributed by atoms with Gasteiger partial charge in [-0.2, -0.15) is 0 Å². The molecule has 6 nitrogen and oxygen atoms in total. The molecule has 0 atom stereocenters. The molecule has 0 saturated heterocycles. The average molecular weight is 334 g/mol. The summed E-state index contributed by atoms with van der Waals surface area (Å²) in [7, 11) is 0. The zero-order valence-corrected chi connectivity index (χ0v) is 14.3. The van der Waals surface area contributed by atoms with Crippen LogP contribution >= 0.6 is 11.8 Å². The Hall–Kier alpha value is -1.76. The highest BCUT2D eigenvalue weighted by atomic mass is 32.2. The van der Waals surface area contributed by atoms with Crippen molar-refractivity contribution in [3.8, 4) is 11.6 Å². The highest BCUT2D eigenvalue weighted by molar-refractivity contribution is 7.99. The molecule has 3 rings (SSSR count). The molecule has 7 heteroatoms. The molecule has 2 aromatic heterocycles. The quantitative estimate of drug-likeness (QED) is 0.752. The number of thioether (sulfide) groups is 1. The lowest BCUT2D eigenvalue weighted by Gasteiger charge is -2.11. The van der Waals surface area contributed by atoms with E-state index in [2.05, 4.69) is 29.4 Å². The second-order valence-corrected chi connectivity index (χ2v) is 7.27. The van der Waals surface area contributed by atoms with Gasteiger partial charge in [0.05, 0.1) is 12.0 Å². The Morgan fingerprint density at radius 2 is 2.30 bits per heavy atom. The SMILES string of the molecule is CC(C)Cn1c(SCC(=O)NCC2CC2)nnc1-c1ccco1. The van der Waals surface area contributed by atoms with Gasteiger partial charge >= 0.3 is 0 Å². The van der Waals surface area contributed by atoms with Gasteiger partial charge in [-0.05, 0) is 36.8 Å². The van der Waals surface area contributed by atoms with Gasteiger partial charge in [-0.25, -0.2) is 0 Å². The first-order chi connectivity index (χ1) is 11.1. The summed E-state index contributed by atoms with van der Waals surface area (Å²) in [6, 6.07) is 3.71. The van der Waals surface area contributed by atoms with E-state index in [1.807, 2.05) is 16.7 Å². The summed E-state index contributed by atoms with van der Waals surface area (Å²) in [5.74, 6) is 2.97. The van der Waals surface area contributed by atoms with Crippen LogP contribution in [0.15, 0.2) is 28.0 Å². The number of hydrogen-bond acceptors (Lipinski definition) is 5. The van der Waals surface area contributed by atoms with Crippen LogP contribution in [0, 0.1) is 11.8 Å². The molecule has 1 amide bonds. The van der Waals surface area contributed by atoms with E-state index in [9.17, 15) is 4.79 Å². The summed E-state index contributed by atoms with van der Waals surface area (Å²) in [5, 5.41) is 12.2. The van der Waals surface area contributed by atoms with E-state index >= 15 is 0 Å². The summed E-state index contributed by atoms with van der Waals surface area (Å²) in [6.07, 6.45) is 4.10. The van der Waals surface area contributed by atoms with Crippen LogP contribution in [-0.2, 0) is 11.3 Å². The van der Waals surface area contributed by atoms with Gasteiger partial charge in [-0.15, -0.1) is 10.2 Å². The lowest BCUT2D eigenvalue weighted by atomic mass is 10.2. The van der Waals surface area contributed by atoms with Crippen LogP contribution in [0.5, 0.6) is 0 Å². The molecule has 1 aliphatic carbocycles. The van der Waals surface area contributed by atoms with Crippen molar-refractivity contribution >= 4 is 17.7 Å². The fraction of sp³-hybridized carbons (Fsp3) is 0.562. The Bertz CT molecular complexity index is 647. The van der Waals surface area contributed by atoms with Crippen molar-refractivity contribution < 1.29 is 9.21 Å². The van der Waals surface area contributed by atoms with Crippen molar-refractivity contribution in [3.63, 3.8) is 0 Å². The highest BCUT2D eigenvalue weighted by Gasteiger charge is 2.22. The number of aromatic nitrogens is 3. The number of rotatable bonds is 8. The van der Waals surface area contributed by atoms with Gasteiger partial charge in [0.25, 0.3) is 0 Å². The van der Waals surface area contributed by atoms with Crippen molar-refractivity contribution in [3.05, 3.63) is 18.4 Å². The third-order valence-electron chi connectivity index (χ3n) is 3.62. The highest BCUT2D eigenvalue weighted by Crippen LogP contribution is 2.28. The van der Waals surface area contributed by atoms with Crippen LogP contribution in [0.4, 0.5) is 0 Å². The molecule has 23 heavy (non-hydrogen) atoms. The van der Waals surface area contributed by atoms with E-state index in [-0.39, 0.29) is 5.91 Å². The first-order valence-electron chi connectivity index (χ1n) is 8.00. The molecule has 2 aromatic rings. The van der Waals surface area contributed by atoms with Gasteiger partial charge in [-0.1, -0.05) is 25.6 Å². The van der Waals surface area contributed by atoms with Gasteiger partial charge < -0.3 is 9.73 Å². The fourth-order valence-corrected chi connectivity index (χ4v) is 3.05. The van der Waals surface area contributed by atoms with E-state index in [0.717, 1.165) is 18.2 Å². The van der Waals surface area contributed by atoms with Crippen molar-refractivity contribution in [2.45, 2.75) is 38.4 Å². The first kappa shape index (κ1) is 16.1. The number of nitrogens with one attached hydrogen (secondary N) is 1. The normalized spacial score (nSPS) is 14.4. The maximum atomic E-state index is 11.9. The van der Waals surface area contributed by atoms with Crippen molar-refractivity contribution in [1.29, 1.82) is 0 Å². The van der Waals surface area contributed by atoms with Gasteiger partial charge in [0.15, 0.2) is 16.7 Å². The van der Waals surface area contributed by atoms with Crippen LogP contribution in [0.3, 0.4) is 0 Å². The van der Waals surface area contributed by atoms with Crippen LogP contribution in [0.25, 0.3) is 11.6 Å². The van der Waals surface area contributed by atoms with E-state index < -0.39 is 0 Å². The lowest BCUT2D eigenvalue weighted by molar-refractivity contribution is -0.118. The van der Waals surface area contributed by atoms with Crippen molar-refractivity contribution in [2.75, 3.05) is 12.3 Å². The van der Waals surface area contributed by atoms with Crippen LogP contribution in [0.2, 0.25) is 0 Å². The van der Waals surface area contributed by atoms with Crippen LogP contribution < -0.4 is 5.32 Å². The summed E-state index contributed by atoms with van der Waals surface area (Å²) in [6.45, 7) is 5.87. The van der Waals surface area contributed by atoms with Gasteiger partial charge in [0, 0.05) is 13.1 Å². The average Bonchev–Trinajstić information content (AvgIpc) is 3.03. The van der Waals surface area contributed by atoms with Gasteiger partial charge in [0.1, 0.15) is 0 Å². The fourth-order valence-electron chi connectivity index (χ4n) is 2.27. The lowest BCUT2D eigenvalue weighted by Crippen LogP contribution is -2.27. The molecule has 0 bridgehead atoms. The molecule has 2 heterocycles. The van der Waals surface area contributed by atoms with Crippen molar-refractivity contribution in [1.82, 2.24) is 20.1 Å². The Balaban J connectivity index is 1.66. The smallest absolute Gasteiger partial charge is 0.230 e. The van der Waals surface area contributed by atoms with E-state index in [4.69, 9.17) is 4.42 Å². The summed E-state index contributed by atoms with van der Waals surface area (Å²) in [5.41, 5.74) is 0. The molecule has 1 N–H and O–H groups in total. The molecule has 1 aliphatic rings. The number of furan rings is 1. The summed E-state index contributed by atoms with van der Waals surface area (Å²) < 4.78 is 7.47. The zero-order valence-electron chi connectivity index (χ0n) is 13.5. The van der Waals surface area contributed by atoms with Crippen molar-refractivity contribution in [2.24, 2.45) is 11.8 Å². The molecular weight excluding hydrogens is 312 g/mol. The van der Waals surface area contributed by atoms with Gasteiger partial charge in [0.2, 0.25) is 5.91 Å². The molecule has 0 unspecified atom stereocenters. The minimum atomic E-state index is 0.0561. The molecule has 1 fully saturated rings. The Morgan fingerprint density at radius 3 is 2.96 bits per heavy atom. The Labute approximate surface area is 140 Å². The van der Waals surface area contributed by atoms with E-state index in [1.54, 1.807) is 6.26 Å². The minimum absolute atomic E-state index is 0.0561. The summed E-state index contributed by atoms with van der Waals surface area (Å²) >= 11 is 1.42. The third kappa shape index (κ3) is 4.37. The van der Waals surface area contributed by atoms with Crippen LogP contribution in [0.1, 0.15) is 26.7 Å². The molecule has 0 aromatic carbocycles. The molecule has 0 aliphatic heterocycles. The maximum absolute atomic E-state index is 11.9. The number of amides is 1. The van der Waals surface area contributed by atoms with E-state index in [0.29, 0.717) is 29.2 Å². The number of carbonyl (C=O) groups is 1. The standard InChI is InChI=1S/C16H22N4O2S/c1-11(2)9-20-15(13-4-3-7-22-13)18-19-16(20)23-10-14(21)17-8-12-5-6-12/h3-4,7,11-12H,5-6,8-10H2,1-2H3,(H,17,21). The predicted molar refractivity (Wildman–Crippen MR) is 89.0 cm³/mol. The Morgan fingerprint density at radius 1 is 1.48 bits per heavy atom. The number of carbonyl (C=O) groups excluding carboxylic acids is 1. The number of nitrogens with zero attached hydrogens (tertiary/aromatic N) is 3.